The number of hydrogen-bond acceptors (Lipinski definition) is 6. The zero-order valence-corrected chi connectivity index (χ0v) is 21.5. The van der Waals surface area contributed by atoms with Gasteiger partial charge in [0.25, 0.3) is 11.5 Å². The fourth-order valence-electron chi connectivity index (χ4n) is 4.79. The number of hydrogen-bond donors (Lipinski definition) is 1. The van der Waals surface area contributed by atoms with Gasteiger partial charge in [-0.05, 0) is 29.3 Å². The molecule has 1 aliphatic rings. The monoisotopic (exact) mass is 514 g/mol. The number of rotatable bonds is 7. The van der Waals surface area contributed by atoms with Gasteiger partial charge in [-0.3, -0.25) is 19.1 Å². The number of amides is 1. The van der Waals surface area contributed by atoms with Crippen molar-refractivity contribution in [1.29, 1.82) is 0 Å². The third-order valence-electron chi connectivity index (χ3n) is 6.94. The molecule has 9 nitrogen and oxygen atoms in total. The van der Waals surface area contributed by atoms with Crippen molar-refractivity contribution in [2.24, 2.45) is 0 Å². The Morgan fingerprint density at radius 1 is 0.816 bits per heavy atom. The fourth-order valence-corrected chi connectivity index (χ4v) is 4.79. The first-order valence-corrected chi connectivity index (χ1v) is 12.5. The minimum atomic E-state index is -0.525. The van der Waals surface area contributed by atoms with E-state index in [1.165, 1.54) is 19.8 Å². The lowest BCUT2D eigenvalue weighted by Crippen LogP contribution is -2.48. The molecule has 0 radical (unpaired) electrons. The number of nitrogens with zero attached hydrogens (tertiary/aromatic N) is 3. The Labute approximate surface area is 219 Å². The van der Waals surface area contributed by atoms with Gasteiger partial charge in [-0.15, -0.1) is 0 Å². The largest absolute Gasteiger partial charge is 0.493 e. The van der Waals surface area contributed by atoms with Crippen molar-refractivity contribution in [3.05, 3.63) is 104 Å². The number of aromatic nitrogens is 2. The predicted molar refractivity (Wildman–Crippen MR) is 145 cm³/mol. The highest BCUT2D eigenvalue weighted by molar-refractivity contribution is 5.94. The molecule has 196 valence electrons. The molecule has 2 heterocycles. The molecular weight excluding hydrogens is 484 g/mol. The number of carbonyl (C=O) groups excluding carboxylic acids is 1. The molecule has 1 aromatic heterocycles. The molecule has 4 aromatic rings. The molecule has 1 aliphatic heterocycles. The van der Waals surface area contributed by atoms with Crippen LogP contribution in [0.15, 0.2) is 76.3 Å². The van der Waals surface area contributed by atoms with Crippen LogP contribution in [0.25, 0.3) is 10.9 Å². The summed E-state index contributed by atoms with van der Waals surface area (Å²) in [5.74, 6) is 0.808. The molecule has 0 spiro atoms. The maximum atomic E-state index is 13.1. The Kier molecular flexibility index (Phi) is 7.28. The van der Waals surface area contributed by atoms with Crippen LogP contribution >= 0.6 is 0 Å². The summed E-state index contributed by atoms with van der Waals surface area (Å²) in [6, 6.07) is 20.5. The third kappa shape index (κ3) is 5.19. The molecule has 0 unspecified atom stereocenters. The van der Waals surface area contributed by atoms with Crippen LogP contribution < -0.4 is 20.7 Å². The van der Waals surface area contributed by atoms with Crippen LogP contribution in [0.4, 0.5) is 0 Å². The second kappa shape index (κ2) is 10.9. The summed E-state index contributed by atoms with van der Waals surface area (Å²) in [6.45, 7) is 3.94. The van der Waals surface area contributed by atoms with E-state index in [9.17, 15) is 14.4 Å². The van der Waals surface area contributed by atoms with Gasteiger partial charge in [-0.2, -0.15) is 0 Å². The summed E-state index contributed by atoms with van der Waals surface area (Å²) in [7, 11) is 2.98. The molecule has 0 bridgehead atoms. The van der Waals surface area contributed by atoms with Gasteiger partial charge in [0.05, 0.1) is 31.7 Å². The highest BCUT2D eigenvalue weighted by atomic mass is 16.5. The van der Waals surface area contributed by atoms with Crippen molar-refractivity contribution >= 4 is 16.8 Å². The van der Waals surface area contributed by atoms with E-state index in [0.717, 1.165) is 29.8 Å². The molecule has 1 N–H and O–H groups in total. The highest BCUT2D eigenvalue weighted by Gasteiger charge is 2.22. The smallest absolute Gasteiger partial charge is 0.329 e. The first kappa shape index (κ1) is 25.3. The van der Waals surface area contributed by atoms with E-state index < -0.39 is 11.2 Å². The second-order valence-corrected chi connectivity index (χ2v) is 9.33. The summed E-state index contributed by atoms with van der Waals surface area (Å²) >= 11 is 0. The lowest BCUT2D eigenvalue weighted by atomic mass is 10.1. The number of benzene rings is 3. The van der Waals surface area contributed by atoms with Crippen LogP contribution in [0, 0.1) is 0 Å². The number of nitrogens with one attached hydrogen (secondary N) is 1. The van der Waals surface area contributed by atoms with Crippen LogP contribution in [0.3, 0.4) is 0 Å². The molecule has 3 aromatic carbocycles. The van der Waals surface area contributed by atoms with E-state index in [0.29, 0.717) is 41.1 Å². The van der Waals surface area contributed by atoms with E-state index in [1.54, 1.807) is 36.4 Å². The molecule has 0 saturated carbocycles. The minimum Gasteiger partial charge on any atom is -0.493 e. The molecule has 0 atom stereocenters. The molecule has 5 rings (SSSR count). The summed E-state index contributed by atoms with van der Waals surface area (Å²) < 4.78 is 11.7. The van der Waals surface area contributed by atoms with E-state index in [1.807, 2.05) is 23.1 Å². The average Bonchev–Trinajstić information content (AvgIpc) is 2.95. The van der Waals surface area contributed by atoms with Crippen LogP contribution in [0.2, 0.25) is 0 Å². The number of fused-ring (bicyclic) bond motifs is 1. The lowest BCUT2D eigenvalue weighted by molar-refractivity contribution is 0.0628. The number of methoxy groups -OCH3 is 2. The van der Waals surface area contributed by atoms with Crippen LogP contribution in [0.1, 0.15) is 21.5 Å². The summed E-state index contributed by atoms with van der Waals surface area (Å²) in [5.41, 5.74) is 2.01. The Bertz CT molecular complexity index is 1550. The van der Waals surface area contributed by atoms with Gasteiger partial charge in [0, 0.05) is 44.4 Å². The molecular formula is C29H30N4O5. The van der Waals surface area contributed by atoms with Crippen molar-refractivity contribution in [3.63, 3.8) is 0 Å². The van der Waals surface area contributed by atoms with Crippen molar-refractivity contribution in [2.75, 3.05) is 40.4 Å². The fraction of sp³-hybridized carbons (Fsp3) is 0.276. The number of aromatic amines is 1. The quantitative estimate of drug-likeness (QED) is 0.407. The van der Waals surface area contributed by atoms with Crippen molar-refractivity contribution in [1.82, 2.24) is 19.4 Å². The van der Waals surface area contributed by atoms with Gasteiger partial charge >= 0.3 is 5.69 Å². The summed E-state index contributed by atoms with van der Waals surface area (Å²) in [5, 5.41) is 0.320. The lowest BCUT2D eigenvalue weighted by Gasteiger charge is -2.34. The van der Waals surface area contributed by atoms with E-state index in [-0.39, 0.29) is 12.5 Å². The average molecular weight is 515 g/mol. The predicted octanol–water partition coefficient (Wildman–Crippen LogP) is 2.71. The molecule has 9 heteroatoms. The van der Waals surface area contributed by atoms with Gasteiger partial charge < -0.3 is 19.4 Å². The molecule has 38 heavy (non-hydrogen) atoms. The van der Waals surface area contributed by atoms with Crippen molar-refractivity contribution in [2.45, 2.75) is 13.1 Å². The van der Waals surface area contributed by atoms with E-state index in [2.05, 4.69) is 22.0 Å². The molecule has 1 saturated heterocycles. The normalized spacial score (nSPS) is 14.0. The van der Waals surface area contributed by atoms with Gasteiger partial charge in [-0.1, -0.05) is 42.5 Å². The van der Waals surface area contributed by atoms with E-state index >= 15 is 0 Å². The summed E-state index contributed by atoms with van der Waals surface area (Å²) in [6.07, 6.45) is 0. The zero-order valence-electron chi connectivity index (χ0n) is 21.5. The third-order valence-corrected chi connectivity index (χ3v) is 6.94. The Morgan fingerprint density at radius 3 is 2.11 bits per heavy atom. The first-order chi connectivity index (χ1) is 18.5. The second-order valence-electron chi connectivity index (χ2n) is 9.33. The Hall–Kier alpha value is -4.37. The molecule has 1 fully saturated rings. The van der Waals surface area contributed by atoms with Gasteiger partial charge in [0.15, 0.2) is 11.5 Å². The Balaban J connectivity index is 1.27. The van der Waals surface area contributed by atoms with Gasteiger partial charge in [-0.25, -0.2) is 4.79 Å². The minimum absolute atomic E-state index is 0.0160. The molecule has 0 aliphatic carbocycles. The number of ether oxygens (including phenoxy) is 2. The van der Waals surface area contributed by atoms with Crippen molar-refractivity contribution < 1.29 is 14.3 Å². The standard InChI is InChI=1S/C29H30N4O5/c1-37-25-16-23-24(17-26(25)38-2)30-29(36)33(28(23)35)19-21-8-10-22(11-9-21)27(34)32-14-12-31(13-15-32)18-20-6-4-3-5-7-20/h3-11,16-17H,12-15,18-19H2,1-2H3,(H,30,36). The van der Waals surface area contributed by atoms with Crippen LogP contribution in [0.5, 0.6) is 11.5 Å². The zero-order chi connectivity index (χ0) is 26.6. The first-order valence-electron chi connectivity index (χ1n) is 12.5. The van der Waals surface area contributed by atoms with Gasteiger partial charge in [0.1, 0.15) is 0 Å². The topological polar surface area (TPSA) is 96.9 Å². The van der Waals surface area contributed by atoms with E-state index in [4.69, 9.17) is 9.47 Å². The maximum absolute atomic E-state index is 13.1. The number of carbonyl (C=O) groups is 1. The maximum Gasteiger partial charge on any atom is 0.329 e. The van der Waals surface area contributed by atoms with Crippen LogP contribution in [-0.2, 0) is 13.1 Å². The summed E-state index contributed by atoms with van der Waals surface area (Å²) in [4.78, 5) is 45.9. The Morgan fingerprint density at radius 2 is 1.45 bits per heavy atom. The van der Waals surface area contributed by atoms with Crippen molar-refractivity contribution in [3.8, 4) is 11.5 Å². The molecule has 1 amide bonds. The van der Waals surface area contributed by atoms with Crippen LogP contribution in [-0.4, -0.2) is 65.7 Å². The SMILES string of the molecule is COc1cc2[nH]c(=O)n(Cc3ccc(C(=O)N4CCN(Cc5ccccc5)CC4)cc3)c(=O)c2cc1OC. The number of piperazine rings is 1. The number of H-pyrrole nitrogens is 1. The highest BCUT2D eigenvalue weighted by Crippen LogP contribution is 2.29. The van der Waals surface area contributed by atoms with Gasteiger partial charge in [0.2, 0.25) is 0 Å².